The Morgan fingerprint density at radius 1 is 1.12 bits per heavy atom. The summed E-state index contributed by atoms with van der Waals surface area (Å²) in [6.07, 6.45) is 1.71. The van der Waals surface area contributed by atoms with Gasteiger partial charge >= 0.3 is 5.97 Å². The van der Waals surface area contributed by atoms with Gasteiger partial charge in [0.15, 0.2) is 0 Å². The van der Waals surface area contributed by atoms with Crippen LogP contribution < -0.4 is 0 Å². The first-order chi connectivity index (χ1) is 12.0. The Hall–Kier alpha value is -2.59. The van der Waals surface area contributed by atoms with Crippen molar-refractivity contribution in [2.45, 2.75) is 13.8 Å². The molecule has 0 spiro atoms. The Morgan fingerprint density at radius 2 is 1.80 bits per heavy atom. The number of ether oxygens (including phenoxy) is 1. The molecular weight excluding hydrogens is 336 g/mol. The average molecular weight is 355 g/mol. The Balaban J connectivity index is 2.03. The van der Waals surface area contributed by atoms with Crippen LogP contribution in [0.15, 0.2) is 60.8 Å². The molecule has 0 aliphatic carbocycles. The van der Waals surface area contributed by atoms with Crippen LogP contribution in [0, 0.1) is 5.92 Å². The van der Waals surface area contributed by atoms with E-state index in [0.717, 1.165) is 11.3 Å². The maximum Gasteiger partial charge on any atom is 0.342 e. The Kier molecular flexibility index (Phi) is 5.19. The molecule has 4 nitrogen and oxygen atoms in total. The van der Waals surface area contributed by atoms with Gasteiger partial charge in [0.25, 0.3) is 0 Å². The molecule has 0 saturated carbocycles. The van der Waals surface area contributed by atoms with Crippen LogP contribution in [-0.2, 0) is 4.74 Å². The van der Waals surface area contributed by atoms with Crippen LogP contribution in [0.25, 0.3) is 16.9 Å². The number of hydrogen-bond acceptors (Lipinski definition) is 3. The Morgan fingerprint density at radius 3 is 2.44 bits per heavy atom. The second-order valence-corrected chi connectivity index (χ2v) is 6.61. The molecule has 1 aromatic heterocycles. The molecule has 0 amide bonds. The van der Waals surface area contributed by atoms with Gasteiger partial charge in [-0.15, -0.1) is 0 Å². The highest BCUT2D eigenvalue weighted by Crippen LogP contribution is 2.26. The Bertz CT molecular complexity index is 855. The third-order valence-corrected chi connectivity index (χ3v) is 3.87. The molecule has 25 heavy (non-hydrogen) atoms. The number of hydrogen-bond donors (Lipinski definition) is 0. The van der Waals surface area contributed by atoms with Crippen molar-refractivity contribution in [3.63, 3.8) is 0 Å². The van der Waals surface area contributed by atoms with Crippen LogP contribution in [0.4, 0.5) is 0 Å². The number of halogens is 1. The first kappa shape index (κ1) is 17.2. The second kappa shape index (κ2) is 7.53. The zero-order chi connectivity index (χ0) is 17.8. The van der Waals surface area contributed by atoms with E-state index in [1.807, 2.05) is 56.3 Å². The highest BCUT2D eigenvalue weighted by atomic mass is 35.5. The van der Waals surface area contributed by atoms with Gasteiger partial charge in [-0.05, 0) is 30.2 Å². The van der Waals surface area contributed by atoms with E-state index in [1.54, 1.807) is 23.0 Å². The lowest BCUT2D eigenvalue weighted by Gasteiger charge is -2.07. The lowest BCUT2D eigenvalue weighted by atomic mass is 10.1. The summed E-state index contributed by atoms with van der Waals surface area (Å²) in [6.45, 7) is 4.37. The minimum Gasteiger partial charge on any atom is -0.462 e. The second-order valence-electron chi connectivity index (χ2n) is 6.17. The van der Waals surface area contributed by atoms with Crippen molar-refractivity contribution in [2.24, 2.45) is 5.92 Å². The number of carbonyl (C=O) groups is 1. The largest absolute Gasteiger partial charge is 0.462 e. The molecule has 0 aliphatic heterocycles. The van der Waals surface area contributed by atoms with Crippen molar-refractivity contribution in [3.05, 3.63) is 71.4 Å². The summed E-state index contributed by atoms with van der Waals surface area (Å²) < 4.78 is 7.10. The van der Waals surface area contributed by atoms with Crippen LogP contribution in [0.3, 0.4) is 0 Å². The zero-order valence-corrected chi connectivity index (χ0v) is 14.9. The molecule has 0 fully saturated rings. The Labute approximate surface area is 152 Å². The van der Waals surface area contributed by atoms with Gasteiger partial charge in [-0.25, -0.2) is 9.48 Å². The van der Waals surface area contributed by atoms with Gasteiger partial charge < -0.3 is 4.74 Å². The quantitative estimate of drug-likeness (QED) is 0.605. The van der Waals surface area contributed by atoms with Gasteiger partial charge in [-0.3, -0.25) is 0 Å². The number of esters is 1. The SMILES string of the molecule is CC(C)COC(=O)c1cn(-c2ccccc2)nc1-c1ccc(Cl)cc1. The standard InChI is InChI=1S/C20H19ClN2O2/c1-14(2)13-25-20(24)18-12-23(17-6-4-3-5-7-17)22-19(18)15-8-10-16(21)11-9-15/h3-12,14H,13H2,1-2H3. The highest BCUT2D eigenvalue weighted by Gasteiger charge is 2.20. The van der Waals surface area contributed by atoms with Crippen molar-refractivity contribution < 1.29 is 9.53 Å². The molecule has 128 valence electrons. The minimum absolute atomic E-state index is 0.270. The van der Waals surface area contributed by atoms with Crippen molar-refractivity contribution in [2.75, 3.05) is 6.61 Å². The summed E-state index contributed by atoms with van der Waals surface area (Å²) in [5.41, 5.74) is 2.71. The third-order valence-electron chi connectivity index (χ3n) is 3.62. The van der Waals surface area contributed by atoms with Crippen LogP contribution in [0.5, 0.6) is 0 Å². The van der Waals surface area contributed by atoms with Crippen molar-refractivity contribution >= 4 is 17.6 Å². The van der Waals surface area contributed by atoms with E-state index in [4.69, 9.17) is 16.3 Å². The van der Waals surface area contributed by atoms with E-state index in [2.05, 4.69) is 5.10 Å². The van der Waals surface area contributed by atoms with Crippen molar-refractivity contribution in [3.8, 4) is 16.9 Å². The molecule has 3 aromatic rings. The number of nitrogens with zero attached hydrogens (tertiary/aromatic N) is 2. The number of rotatable bonds is 5. The molecule has 2 aromatic carbocycles. The van der Waals surface area contributed by atoms with Crippen LogP contribution in [-0.4, -0.2) is 22.4 Å². The van der Waals surface area contributed by atoms with E-state index in [0.29, 0.717) is 22.9 Å². The van der Waals surface area contributed by atoms with E-state index in [9.17, 15) is 4.79 Å². The lowest BCUT2D eigenvalue weighted by molar-refractivity contribution is 0.0460. The lowest BCUT2D eigenvalue weighted by Crippen LogP contribution is -2.10. The highest BCUT2D eigenvalue weighted by molar-refractivity contribution is 6.30. The predicted octanol–water partition coefficient (Wildman–Crippen LogP) is 5.01. The maximum atomic E-state index is 12.6. The molecule has 0 saturated heterocycles. The monoisotopic (exact) mass is 354 g/mol. The number of aromatic nitrogens is 2. The molecule has 3 rings (SSSR count). The molecule has 0 N–H and O–H groups in total. The molecular formula is C20H19ClN2O2. The average Bonchev–Trinajstić information content (AvgIpc) is 3.06. The maximum absolute atomic E-state index is 12.6. The molecule has 1 heterocycles. The zero-order valence-electron chi connectivity index (χ0n) is 14.1. The molecule has 0 unspecified atom stereocenters. The summed E-state index contributed by atoms with van der Waals surface area (Å²) in [5.74, 6) is -0.104. The number of benzene rings is 2. The van der Waals surface area contributed by atoms with Crippen molar-refractivity contribution in [1.82, 2.24) is 9.78 Å². The topological polar surface area (TPSA) is 44.1 Å². The third kappa shape index (κ3) is 4.09. The van der Waals surface area contributed by atoms with E-state index >= 15 is 0 Å². The first-order valence-corrected chi connectivity index (χ1v) is 8.50. The van der Waals surface area contributed by atoms with Gasteiger partial charge in [0.1, 0.15) is 11.3 Å². The van der Waals surface area contributed by atoms with Crippen LogP contribution in [0.2, 0.25) is 5.02 Å². The van der Waals surface area contributed by atoms with Gasteiger partial charge in [0.2, 0.25) is 0 Å². The molecule has 5 heteroatoms. The molecule has 0 radical (unpaired) electrons. The van der Waals surface area contributed by atoms with Gasteiger partial charge in [-0.1, -0.05) is 55.8 Å². The fourth-order valence-electron chi connectivity index (χ4n) is 2.38. The molecule has 0 atom stereocenters. The fourth-order valence-corrected chi connectivity index (χ4v) is 2.50. The van der Waals surface area contributed by atoms with Crippen molar-refractivity contribution in [1.29, 1.82) is 0 Å². The normalized spacial score (nSPS) is 10.9. The summed E-state index contributed by atoms with van der Waals surface area (Å²) in [7, 11) is 0. The van der Waals surface area contributed by atoms with E-state index in [-0.39, 0.29) is 11.9 Å². The van der Waals surface area contributed by atoms with Crippen LogP contribution >= 0.6 is 11.6 Å². The number of para-hydroxylation sites is 1. The fraction of sp³-hybridized carbons (Fsp3) is 0.200. The summed E-state index contributed by atoms with van der Waals surface area (Å²) in [4.78, 5) is 12.6. The first-order valence-electron chi connectivity index (χ1n) is 8.12. The number of carbonyl (C=O) groups excluding carboxylic acids is 1. The minimum atomic E-state index is -0.374. The van der Waals surface area contributed by atoms with E-state index in [1.165, 1.54) is 0 Å². The summed E-state index contributed by atoms with van der Waals surface area (Å²) in [6, 6.07) is 16.9. The smallest absolute Gasteiger partial charge is 0.342 e. The van der Waals surface area contributed by atoms with Gasteiger partial charge in [-0.2, -0.15) is 5.10 Å². The van der Waals surface area contributed by atoms with Crippen LogP contribution in [0.1, 0.15) is 24.2 Å². The van der Waals surface area contributed by atoms with Gasteiger partial charge in [0, 0.05) is 16.8 Å². The van der Waals surface area contributed by atoms with E-state index < -0.39 is 0 Å². The molecule has 0 bridgehead atoms. The van der Waals surface area contributed by atoms with Gasteiger partial charge in [0.05, 0.1) is 12.3 Å². The predicted molar refractivity (Wildman–Crippen MR) is 99.1 cm³/mol. The summed E-state index contributed by atoms with van der Waals surface area (Å²) in [5, 5.41) is 5.24. The molecule has 0 aliphatic rings. The summed E-state index contributed by atoms with van der Waals surface area (Å²) >= 11 is 5.97.